The number of benzene rings is 1. The smallest absolute Gasteiger partial charge is 0.227 e. The van der Waals surface area contributed by atoms with Crippen molar-refractivity contribution in [1.82, 2.24) is 14.8 Å². The Labute approximate surface area is 165 Å². The van der Waals surface area contributed by atoms with Crippen LogP contribution in [-0.4, -0.2) is 27.4 Å². The zero-order valence-electron chi connectivity index (χ0n) is 16.2. The summed E-state index contributed by atoms with van der Waals surface area (Å²) >= 11 is 6.10. The fourth-order valence-corrected chi connectivity index (χ4v) is 5.40. The van der Waals surface area contributed by atoms with Gasteiger partial charge in [0, 0.05) is 24.2 Å². The van der Waals surface area contributed by atoms with Crippen molar-refractivity contribution in [2.75, 3.05) is 11.4 Å². The van der Waals surface area contributed by atoms with Crippen molar-refractivity contribution in [2.24, 2.45) is 23.7 Å². The second kappa shape index (κ2) is 6.40. The van der Waals surface area contributed by atoms with Crippen LogP contribution in [0.4, 0.5) is 5.95 Å². The molecule has 27 heavy (non-hydrogen) atoms. The Morgan fingerprint density at radius 3 is 2.74 bits per heavy atom. The van der Waals surface area contributed by atoms with Crippen LogP contribution >= 0.6 is 11.6 Å². The molecule has 0 spiro atoms. The summed E-state index contributed by atoms with van der Waals surface area (Å²) in [5.74, 6) is 5.98. The van der Waals surface area contributed by atoms with Gasteiger partial charge in [0.15, 0.2) is 11.9 Å². The largest absolute Gasteiger partial charge is 0.483 e. The average Bonchev–Trinajstić information content (AvgIpc) is 2.99. The van der Waals surface area contributed by atoms with Gasteiger partial charge in [0.1, 0.15) is 5.75 Å². The SMILES string of the molecule is CC(C)Cn1c(C(C)Oc2cccc(Cl)c2)nnc1N1C[C@@H]2C[C@H]1[C@H]1C[C@@H]21. The van der Waals surface area contributed by atoms with Gasteiger partial charge in [-0.25, -0.2) is 0 Å². The van der Waals surface area contributed by atoms with Crippen LogP contribution in [0.1, 0.15) is 45.5 Å². The first kappa shape index (κ1) is 17.4. The van der Waals surface area contributed by atoms with E-state index >= 15 is 0 Å². The van der Waals surface area contributed by atoms with Crippen LogP contribution in [0.5, 0.6) is 5.75 Å². The van der Waals surface area contributed by atoms with Crippen LogP contribution in [0.2, 0.25) is 5.02 Å². The highest BCUT2D eigenvalue weighted by Gasteiger charge is 2.61. The van der Waals surface area contributed by atoms with Crippen LogP contribution < -0.4 is 9.64 Å². The van der Waals surface area contributed by atoms with Gasteiger partial charge in [0.2, 0.25) is 5.95 Å². The molecule has 2 bridgehead atoms. The Balaban J connectivity index is 1.43. The lowest BCUT2D eigenvalue weighted by molar-refractivity contribution is 0.209. The fraction of sp³-hybridized carbons (Fsp3) is 0.619. The number of nitrogens with zero attached hydrogens (tertiary/aromatic N) is 4. The van der Waals surface area contributed by atoms with E-state index in [-0.39, 0.29) is 6.10 Å². The topological polar surface area (TPSA) is 43.2 Å². The summed E-state index contributed by atoms with van der Waals surface area (Å²) < 4.78 is 8.43. The van der Waals surface area contributed by atoms with Gasteiger partial charge >= 0.3 is 0 Å². The van der Waals surface area contributed by atoms with Crippen LogP contribution in [0.3, 0.4) is 0 Å². The minimum absolute atomic E-state index is 0.183. The second-order valence-corrected chi connectivity index (χ2v) is 9.30. The number of aromatic nitrogens is 3. The number of rotatable bonds is 6. The quantitative estimate of drug-likeness (QED) is 0.729. The average molecular weight is 387 g/mol. The Kier molecular flexibility index (Phi) is 4.12. The third-order valence-corrected chi connectivity index (χ3v) is 6.64. The molecular weight excluding hydrogens is 360 g/mol. The molecule has 1 saturated heterocycles. The number of hydrogen-bond acceptors (Lipinski definition) is 4. The van der Waals surface area contributed by atoms with E-state index in [0.29, 0.717) is 17.0 Å². The van der Waals surface area contributed by atoms with E-state index in [1.807, 2.05) is 31.2 Å². The zero-order chi connectivity index (χ0) is 18.7. The number of halogens is 1. The van der Waals surface area contributed by atoms with Gasteiger partial charge in [0.05, 0.1) is 0 Å². The lowest BCUT2D eigenvalue weighted by atomic mass is 10.1. The second-order valence-electron chi connectivity index (χ2n) is 8.86. The molecular formula is C21H27ClN4O. The summed E-state index contributed by atoms with van der Waals surface area (Å²) in [7, 11) is 0. The molecule has 5 nitrogen and oxygen atoms in total. The minimum Gasteiger partial charge on any atom is -0.483 e. The Morgan fingerprint density at radius 2 is 2.04 bits per heavy atom. The number of anilines is 1. The lowest BCUT2D eigenvalue weighted by Gasteiger charge is -2.29. The van der Waals surface area contributed by atoms with Crippen molar-refractivity contribution in [3.05, 3.63) is 35.1 Å². The Hall–Kier alpha value is -1.75. The van der Waals surface area contributed by atoms with Gasteiger partial charge < -0.3 is 9.64 Å². The van der Waals surface area contributed by atoms with Crippen molar-refractivity contribution < 1.29 is 4.74 Å². The van der Waals surface area contributed by atoms with Crippen LogP contribution in [0, 0.1) is 23.7 Å². The lowest BCUT2D eigenvalue weighted by Crippen LogP contribution is -2.36. The van der Waals surface area contributed by atoms with Gasteiger partial charge in [-0.2, -0.15) is 0 Å². The summed E-state index contributed by atoms with van der Waals surface area (Å²) in [5.41, 5.74) is 0. The van der Waals surface area contributed by atoms with Crippen LogP contribution in [0.25, 0.3) is 0 Å². The third kappa shape index (κ3) is 3.00. The number of piperidine rings is 1. The van der Waals surface area contributed by atoms with Crippen molar-refractivity contribution in [3.8, 4) is 5.75 Å². The van der Waals surface area contributed by atoms with Gasteiger partial charge in [-0.1, -0.05) is 31.5 Å². The summed E-state index contributed by atoms with van der Waals surface area (Å²) in [4.78, 5) is 2.53. The molecule has 1 aromatic carbocycles. The summed E-state index contributed by atoms with van der Waals surface area (Å²) in [5, 5.41) is 9.88. The molecule has 3 aliphatic rings. The number of fused-ring (bicyclic) bond motifs is 5. The first-order valence-corrected chi connectivity index (χ1v) is 10.5. The van der Waals surface area contributed by atoms with Crippen molar-refractivity contribution in [1.29, 1.82) is 0 Å². The van der Waals surface area contributed by atoms with Crippen LogP contribution in [0.15, 0.2) is 24.3 Å². The molecule has 0 N–H and O–H groups in total. The third-order valence-electron chi connectivity index (χ3n) is 6.40. The molecule has 5 rings (SSSR count). The molecule has 1 unspecified atom stereocenters. The standard InChI is InChI=1S/C21H27ClN4O/c1-12(2)10-26-20(13(3)27-16-6-4-5-15(22)8-16)23-24-21(26)25-11-14-7-19(25)18-9-17(14)18/h4-6,8,12-14,17-19H,7,9-11H2,1-3H3/t13?,14-,17-,18-,19-/m0/s1. The van der Waals surface area contributed by atoms with E-state index in [1.165, 1.54) is 12.8 Å². The van der Waals surface area contributed by atoms with Crippen molar-refractivity contribution >= 4 is 17.5 Å². The maximum absolute atomic E-state index is 6.14. The predicted molar refractivity (Wildman–Crippen MR) is 106 cm³/mol. The monoisotopic (exact) mass is 386 g/mol. The molecule has 5 atom stereocenters. The molecule has 2 aliphatic carbocycles. The van der Waals surface area contributed by atoms with Gasteiger partial charge in [-0.15, -0.1) is 10.2 Å². The summed E-state index contributed by atoms with van der Waals surface area (Å²) in [6.07, 6.45) is 2.58. The Bertz CT molecular complexity index is 850. The number of hydrogen-bond donors (Lipinski definition) is 0. The molecule has 2 saturated carbocycles. The highest BCUT2D eigenvalue weighted by molar-refractivity contribution is 6.30. The van der Waals surface area contributed by atoms with E-state index in [9.17, 15) is 0 Å². The molecule has 2 heterocycles. The normalized spacial score (nSPS) is 29.3. The molecule has 2 aromatic rings. The van der Waals surface area contributed by atoms with E-state index in [1.54, 1.807) is 0 Å². The molecule has 0 amide bonds. The van der Waals surface area contributed by atoms with Gasteiger partial charge in [-0.05, 0) is 61.6 Å². The molecule has 1 aliphatic heterocycles. The molecule has 1 aromatic heterocycles. The molecule has 144 valence electrons. The highest BCUT2D eigenvalue weighted by atomic mass is 35.5. The molecule has 0 radical (unpaired) electrons. The van der Waals surface area contributed by atoms with Crippen molar-refractivity contribution in [2.45, 2.75) is 52.3 Å². The molecule has 6 heteroatoms. The van der Waals surface area contributed by atoms with Crippen LogP contribution in [-0.2, 0) is 6.54 Å². The first-order valence-electron chi connectivity index (χ1n) is 10.1. The zero-order valence-corrected chi connectivity index (χ0v) is 16.9. The summed E-state index contributed by atoms with van der Waals surface area (Å²) in [6.45, 7) is 8.57. The Morgan fingerprint density at radius 1 is 1.19 bits per heavy atom. The van der Waals surface area contributed by atoms with Gasteiger partial charge in [0.25, 0.3) is 0 Å². The fourth-order valence-electron chi connectivity index (χ4n) is 5.22. The highest BCUT2D eigenvalue weighted by Crippen LogP contribution is 2.61. The van der Waals surface area contributed by atoms with E-state index in [4.69, 9.17) is 16.3 Å². The van der Waals surface area contributed by atoms with Crippen molar-refractivity contribution in [3.63, 3.8) is 0 Å². The first-order chi connectivity index (χ1) is 13.0. The maximum Gasteiger partial charge on any atom is 0.227 e. The van der Waals surface area contributed by atoms with E-state index < -0.39 is 0 Å². The summed E-state index contributed by atoms with van der Waals surface area (Å²) in [6, 6.07) is 8.20. The van der Waals surface area contributed by atoms with E-state index in [2.05, 4.69) is 33.5 Å². The van der Waals surface area contributed by atoms with E-state index in [0.717, 1.165) is 48.4 Å². The number of ether oxygens (including phenoxy) is 1. The van der Waals surface area contributed by atoms with Gasteiger partial charge in [-0.3, -0.25) is 4.57 Å². The molecule has 3 fully saturated rings. The predicted octanol–water partition coefficient (Wildman–Crippen LogP) is 4.57. The maximum atomic E-state index is 6.14. The minimum atomic E-state index is -0.183.